The molecule has 0 aliphatic carbocycles. The fourth-order valence-corrected chi connectivity index (χ4v) is 2.31. The van der Waals surface area contributed by atoms with E-state index in [1.165, 1.54) is 12.1 Å². The molecule has 6 heteroatoms. The minimum absolute atomic E-state index is 0.0498. The Labute approximate surface area is 129 Å². The molecule has 1 atom stereocenters. The zero-order valence-electron chi connectivity index (χ0n) is 11.3. The standard InChI is InChI=1S/C15H14BrF3N2/c1-10(21-8-11-6-14(16)9-20-7-11)12-2-4-13(5-3-12)15(17,18)19/h2-7,9-10,21H,8H2,1H3. The lowest BCUT2D eigenvalue weighted by atomic mass is 10.1. The third-order valence-corrected chi connectivity index (χ3v) is 3.55. The molecule has 0 spiro atoms. The number of hydrogen-bond donors (Lipinski definition) is 1. The second-order valence-corrected chi connectivity index (χ2v) is 5.65. The second kappa shape index (κ2) is 6.58. The molecule has 0 bridgehead atoms. The Hall–Kier alpha value is -1.40. The predicted molar refractivity (Wildman–Crippen MR) is 78.6 cm³/mol. The van der Waals surface area contributed by atoms with E-state index >= 15 is 0 Å². The van der Waals surface area contributed by atoms with E-state index in [1.807, 2.05) is 13.0 Å². The highest BCUT2D eigenvalue weighted by Crippen LogP contribution is 2.29. The predicted octanol–water partition coefficient (Wildman–Crippen LogP) is 4.71. The van der Waals surface area contributed by atoms with Crippen LogP contribution in [0.15, 0.2) is 47.2 Å². The van der Waals surface area contributed by atoms with Crippen molar-refractivity contribution in [3.8, 4) is 0 Å². The molecule has 0 saturated heterocycles. The summed E-state index contributed by atoms with van der Waals surface area (Å²) >= 11 is 3.34. The minimum atomic E-state index is -4.29. The quantitative estimate of drug-likeness (QED) is 0.855. The number of benzene rings is 1. The summed E-state index contributed by atoms with van der Waals surface area (Å²) in [5.41, 5.74) is 1.18. The molecular formula is C15H14BrF3N2. The summed E-state index contributed by atoms with van der Waals surface area (Å²) in [6.45, 7) is 2.50. The molecule has 2 aromatic rings. The fraction of sp³-hybridized carbons (Fsp3) is 0.267. The zero-order chi connectivity index (χ0) is 15.5. The molecule has 2 rings (SSSR count). The summed E-state index contributed by atoms with van der Waals surface area (Å²) in [6.07, 6.45) is -0.850. The summed E-state index contributed by atoms with van der Waals surface area (Å²) in [5, 5.41) is 3.26. The minimum Gasteiger partial charge on any atom is -0.306 e. The van der Waals surface area contributed by atoms with Gasteiger partial charge in [-0.3, -0.25) is 4.98 Å². The SMILES string of the molecule is CC(NCc1cncc(Br)c1)c1ccc(C(F)(F)F)cc1. The molecule has 1 unspecified atom stereocenters. The molecule has 2 nitrogen and oxygen atoms in total. The van der Waals surface area contributed by atoms with E-state index in [9.17, 15) is 13.2 Å². The van der Waals surface area contributed by atoms with Crippen molar-refractivity contribution in [3.63, 3.8) is 0 Å². The smallest absolute Gasteiger partial charge is 0.306 e. The van der Waals surface area contributed by atoms with E-state index < -0.39 is 11.7 Å². The molecule has 0 fully saturated rings. The van der Waals surface area contributed by atoms with Gasteiger partial charge in [0, 0.05) is 29.5 Å². The van der Waals surface area contributed by atoms with Crippen LogP contribution in [-0.4, -0.2) is 4.98 Å². The Balaban J connectivity index is 1.99. The van der Waals surface area contributed by atoms with Gasteiger partial charge < -0.3 is 5.32 Å². The van der Waals surface area contributed by atoms with Gasteiger partial charge >= 0.3 is 6.18 Å². The van der Waals surface area contributed by atoms with E-state index in [0.717, 1.165) is 27.7 Å². The van der Waals surface area contributed by atoms with Crippen LogP contribution in [0.5, 0.6) is 0 Å². The van der Waals surface area contributed by atoms with Crippen LogP contribution in [0.4, 0.5) is 13.2 Å². The Morgan fingerprint density at radius 1 is 1.19 bits per heavy atom. The molecule has 0 radical (unpaired) electrons. The van der Waals surface area contributed by atoms with E-state index in [4.69, 9.17) is 0 Å². The lowest BCUT2D eigenvalue weighted by molar-refractivity contribution is -0.137. The third-order valence-electron chi connectivity index (χ3n) is 3.11. The summed E-state index contributed by atoms with van der Waals surface area (Å²) < 4.78 is 38.4. The van der Waals surface area contributed by atoms with Crippen molar-refractivity contribution in [2.45, 2.75) is 25.7 Å². The van der Waals surface area contributed by atoms with Crippen molar-refractivity contribution in [3.05, 3.63) is 63.9 Å². The molecular weight excluding hydrogens is 345 g/mol. The average molecular weight is 359 g/mol. The fourth-order valence-electron chi connectivity index (χ4n) is 1.90. The third kappa shape index (κ3) is 4.54. The van der Waals surface area contributed by atoms with Gasteiger partial charge in [-0.25, -0.2) is 0 Å². The molecule has 0 saturated carbocycles. The Bertz CT molecular complexity index is 597. The van der Waals surface area contributed by atoms with Crippen LogP contribution in [-0.2, 0) is 12.7 Å². The number of hydrogen-bond acceptors (Lipinski definition) is 2. The van der Waals surface area contributed by atoms with Crippen molar-refractivity contribution >= 4 is 15.9 Å². The van der Waals surface area contributed by atoms with Crippen molar-refractivity contribution in [2.75, 3.05) is 0 Å². The van der Waals surface area contributed by atoms with Gasteiger partial charge in [0.15, 0.2) is 0 Å². The first-order valence-corrected chi connectivity index (χ1v) is 7.15. The average Bonchev–Trinajstić information content (AvgIpc) is 2.44. The number of nitrogens with zero attached hydrogens (tertiary/aromatic N) is 1. The van der Waals surface area contributed by atoms with Gasteiger partial charge in [0.25, 0.3) is 0 Å². The molecule has 0 amide bonds. The van der Waals surface area contributed by atoms with Crippen LogP contribution in [0.3, 0.4) is 0 Å². The highest BCUT2D eigenvalue weighted by Gasteiger charge is 2.30. The van der Waals surface area contributed by atoms with E-state index in [-0.39, 0.29) is 6.04 Å². The molecule has 0 aliphatic rings. The molecule has 0 aliphatic heterocycles. The number of halogens is 4. The monoisotopic (exact) mass is 358 g/mol. The molecule has 1 N–H and O–H groups in total. The molecule has 1 aromatic carbocycles. The highest BCUT2D eigenvalue weighted by atomic mass is 79.9. The summed E-state index contributed by atoms with van der Waals surface area (Å²) in [4.78, 5) is 4.06. The highest BCUT2D eigenvalue weighted by molar-refractivity contribution is 9.10. The summed E-state index contributed by atoms with van der Waals surface area (Å²) in [5.74, 6) is 0. The van der Waals surface area contributed by atoms with Gasteiger partial charge in [0.2, 0.25) is 0 Å². The number of pyridine rings is 1. The summed E-state index contributed by atoms with van der Waals surface area (Å²) in [7, 11) is 0. The number of nitrogens with one attached hydrogen (secondary N) is 1. The van der Waals surface area contributed by atoms with Crippen LogP contribution in [0.25, 0.3) is 0 Å². The van der Waals surface area contributed by atoms with Crippen LogP contribution >= 0.6 is 15.9 Å². The Kier molecular flexibility index (Phi) is 5.00. The van der Waals surface area contributed by atoms with Crippen molar-refractivity contribution in [2.24, 2.45) is 0 Å². The number of alkyl halides is 3. The number of rotatable bonds is 4. The lowest BCUT2D eigenvalue weighted by Crippen LogP contribution is -2.18. The normalized spacial score (nSPS) is 13.2. The zero-order valence-corrected chi connectivity index (χ0v) is 12.9. The van der Waals surface area contributed by atoms with Crippen molar-refractivity contribution in [1.82, 2.24) is 10.3 Å². The van der Waals surface area contributed by atoms with Crippen molar-refractivity contribution < 1.29 is 13.2 Å². The van der Waals surface area contributed by atoms with Crippen LogP contribution in [0.2, 0.25) is 0 Å². The van der Waals surface area contributed by atoms with Gasteiger partial charge in [-0.2, -0.15) is 13.2 Å². The van der Waals surface area contributed by atoms with Gasteiger partial charge in [-0.05, 0) is 52.2 Å². The van der Waals surface area contributed by atoms with E-state index in [2.05, 4.69) is 26.2 Å². The first-order valence-electron chi connectivity index (χ1n) is 6.36. The largest absolute Gasteiger partial charge is 0.416 e. The molecule has 112 valence electrons. The lowest BCUT2D eigenvalue weighted by Gasteiger charge is -2.15. The van der Waals surface area contributed by atoms with E-state index in [1.54, 1.807) is 12.4 Å². The second-order valence-electron chi connectivity index (χ2n) is 4.73. The van der Waals surface area contributed by atoms with Crippen LogP contribution in [0, 0.1) is 0 Å². The van der Waals surface area contributed by atoms with Crippen LogP contribution in [0.1, 0.15) is 29.7 Å². The topological polar surface area (TPSA) is 24.9 Å². The first-order chi connectivity index (χ1) is 9.86. The first kappa shape index (κ1) is 16.0. The Morgan fingerprint density at radius 3 is 2.43 bits per heavy atom. The summed E-state index contributed by atoms with van der Waals surface area (Å²) in [6, 6.07) is 7.10. The number of aromatic nitrogens is 1. The van der Waals surface area contributed by atoms with Gasteiger partial charge in [-0.15, -0.1) is 0 Å². The van der Waals surface area contributed by atoms with Crippen LogP contribution < -0.4 is 5.32 Å². The maximum absolute atomic E-state index is 12.5. The van der Waals surface area contributed by atoms with Crippen molar-refractivity contribution in [1.29, 1.82) is 0 Å². The van der Waals surface area contributed by atoms with Gasteiger partial charge in [0.05, 0.1) is 5.56 Å². The molecule has 21 heavy (non-hydrogen) atoms. The van der Waals surface area contributed by atoms with E-state index in [0.29, 0.717) is 6.54 Å². The van der Waals surface area contributed by atoms with Gasteiger partial charge in [0.1, 0.15) is 0 Å². The van der Waals surface area contributed by atoms with Gasteiger partial charge in [-0.1, -0.05) is 12.1 Å². The molecule has 1 heterocycles. The Morgan fingerprint density at radius 2 is 1.86 bits per heavy atom. The maximum atomic E-state index is 12.5. The maximum Gasteiger partial charge on any atom is 0.416 e. The molecule has 1 aromatic heterocycles.